The molecule has 0 fully saturated rings. The fraction of sp³-hybridized carbons (Fsp3) is 0.143. The van der Waals surface area contributed by atoms with Crippen LogP contribution < -0.4 is 10.1 Å². The van der Waals surface area contributed by atoms with Crippen LogP contribution in [0.3, 0.4) is 0 Å². The van der Waals surface area contributed by atoms with Gasteiger partial charge in [0.05, 0.1) is 11.1 Å². The van der Waals surface area contributed by atoms with Crippen molar-refractivity contribution in [3.63, 3.8) is 0 Å². The average molecular weight is 370 g/mol. The summed E-state index contributed by atoms with van der Waals surface area (Å²) in [6, 6.07) is 2.03. The van der Waals surface area contributed by atoms with E-state index in [0.29, 0.717) is 18.2 Å². The Kier molecular flexibility index (Phi) is 4.98. The van der Waals surface area contributed by atoms with E-state index in [1.54, 1.807) is 0 Å². The molecule has 11 heteroatoms. The van der Waals surface area contributed by atoms with Gasteiger partial charge in [0.2, 0.25) is 0 Å². The maximum Gasteiger partial charge on any atom is 0.560 e. The summed E-state index contributed by atoms with van der Waals surface area (Å²) in [7, 11) is -2.19. The van der Waals surface area contributed by atoms with Gasteiger partial charge in [0.25, 0.3) is 0 Å². The van der Waals surface area contributed by atoms with Crippen molar-refractivity contribution in [2.24, 2.45) is 0 Å². The lowest BCUT2D eigenvalue weighted by Gasteiger charge is -2.16. The molecule has 0 aliphatic carbocycles. The fourth-order valence-electron chi connectivity index (χ4n) is 1.91. The monoisotopic (exact) mass is 370 g/mol. The van der Waals surface area contributed by atoms with Crippen LogP contribution in [0.25, 0.3) is 0 Å². The first kappa shape index (κ1) is 19.0. The third-order valence-electron chi connectivity index (χ3n) is 2.98. The van der Waals surface area contributed by atoms with Crippen molar-refractivity contribution in [2.75, 3.05) is 0 Å². The van der Waals surface area contributed by atoms with Crippen LogP contribution in [0.5, 0.6) is 5.75 Å². The highest BCUT2D eigenvalue weighted by Gasteiger charge is 2.37. The molecule has 134 valence electrons. The molecule has 25 heavy (non-hydrogen) atoms. The van der Waals surface area contributed by atoms with E-state index in [9.17, 15) is 40.1 Å². The first-order valence-corrected chi connectivity index (χ1v) is 6.46. The third-order valence-corrected chi connectivity index (χ3v) is 2.98. The second-order valence-electron chi connectivity index (χ2n) is 4.91. The van der Waals surface area contributed by atoms with Crippen LogP contribution in [0.15, 0.2) is 36.4 Å². The first-order valence-electron chi connectivity index (χ1n) is 6.46. The van der Waals surface area contributed by atoms with Crippen molar-refractivity contribution < 1.29 is 44.8 Å². The van der Waals surface area contributed by atoms with Gasteiger partial charge in [-0.25, -0.2) is 8.78 Å². The summed E-state index contributed by atoms with van der Waals surface area (Å²) in [5, 5.41) is 9.69. The summed E-state index contributed by atoms with van der Waals surface area (Å²) < 4.78 is 107. The number of hydrogen-bond acceptors (Lipinski definition) is 2. The lowest BCUT2D eigenvalue weighted by atomic mass is 9.79. The second kappa shape index (κ2) is 6.55. The van der Waals surface area contributed by atoms with E-state index in [2.05, 4.69) is 4.65 Å². The summed E-state index contributed by atoms with van der Waals surface area (Å²) in [5.74, 6) is -3.20. The molecule has 0 aliphatic rings. The van der Waals surface area contributed by atoms with Crippen molar-refractivity contribution in [3.05, 3.63) is 59.2 Å². The van der Waals surface area contributed by atoms with Gasteiger partial charge in [0.15, 0.2) is 0 Å². The molecule has 0 aromatic heterocycles. The van der Waals surface area contributed by atoms with E-state index in [1.165, 1.54) is 0 Å². The standard InChI is InChI=1S/C14H7BF8O2/c16-10-4-9(5-11(17)6-10)15(24)25-12-2-7(13(18,19)20)1-8(3-12)14(21,22)23/h1-6,24H. The molecular formula is C14H7BF8O2. The SMILES string of the molecule is OB(Oc1cc(C(F)(F)F)cc(C(F)(F)F)c1)c1cc(F)cc(F)c1. The topological polar surface area (TPSA) is 29.5 Å². The predicted molar refractivity (Wildman–Crippen MR) is 71.0 cm³/mol. The van der Waals surface area contributed by atoms with Crippen LogP contribution in [0.4, 0.5) is 35.1 Å². The number of benzene rings is 2. The minimum atomic E-state index is -5.10. The smallest absolute Gasteiger partial charge is 0.532 e. The van der Waals surface area contributed by atoms with Crippen LogP contribution in [-0.4, -0.2) is 12.1 Å². The zero-order valence-corrected chi connectivity index (χ0v) is 11.9. The van der Waals surface area contributed by atoms with E-state index in [1.807, 2.05) is 0 Å². The van der Waals surface area contributed by atoms with E-state index in [4.69, 9.17) is 0 Å². The molecule has 2 aromatic rings. The van der Waals surface area contributed by atoms with Gasteiger partial charge in [-0.2, -0.15) is 26.3 Å². The molecule has 0 atom stereocenters. The van der Waals surface area contributed by atoms with Gasteiger partial charge in [-0.05, 0) is 30.3 Å². The van der Waals surface area contributed by atoms with Crippen molar-refractivity contribution in [3.8, 4) is 5.75 Å². The summed E-state index contributed by atoms with van der Waals surface area (Å²) in [5.41, 5.74) is -3.84. The van der Waals surface area contributed by atoms with E-state index in [0.717, 1.165) is 0 Å². The molecule has 0 saturated carbocycles. The van der Waals surface area contributed by atoms with Crippen LogP contribution in [-0.2, 0) is 12.4 Å². The Labute approximate surface area is 135 Å². The van der Waals surface area contributed by atoms with Gasteiger partial charge in [0.1, 0.15) is 17.4 Å². The van der Waals surface area contributed by atoms with Gasteiger partial charge in [-0.15, -0.1) is 0 Å². The third kappa shape index (κ3) is 4.85. The molecule has 2 aromatic carbocycles. The Hall–Kier alpha value is -2.30. The van der Waals surface area contributed by atoms with Crippen molar-refractivity contribution in [1.29, 1.82) is 0 Å². The molecule has 2 rings (SSSR count). The molecule has 2 nitrogen and oxygen atoms in total. The average Bonchev–Trinajstić information content (AvgIpc) is 2.44. The Morgan fingerprint density at radius 3 is 1.56 bits per heavy atom. The highest BCUT2D eigenvalue weighted by Crippen LogP contribution is 2.38. The molecule has 1 N–H and O–H groups in total. The Balaban J connectivity index is 2.41. The van der Waals surface area contributed by atoms with E-state index in [-0.39, 0.29) is 18.2 Å². The lowest BCUT2D eigenvalue weighted by Crippen LogP contribution is -2.37. The quantitative estimate of drug-likeness (QED) is 0.659. The molecule has 0 spiro atoms. The maximum atomic E-state index is 13.1. The van der Waals surface area contributed by atoms with E-state index < -0.39 is 53.4 Å². The minimum absolute atomic E-state index is 0.124. The van der Waals surface area contributed by atoms with E-state index >= 15 is 0 Å². The maximum absolute atomic E-state index is 13.1. The van der Waals surface area contributed by atoms with Crippen LogP contribution in [0.1, 0.15) is 11.1 Å². The Morgan fingerprint density at radius 2 is 1.16 bits per heavy atom. The molecular weight excluding hydrogens is 363 g/mol. The molecule has 0 radical (unpaired) electrons. The van der Waals surface area contributed by atoms with Gasteiger partial charge in [0, 0.05) is 11.5 Å². The normalized spacial score (nSPS) is 12.2. The number of halogens is 8. The highest BCUT2D eigenvalue weighted by molar-refractivity contribution is 6.60. The summed E-state index contributed by atoms with van der Waals surface area (Å²) in [6.07, 6.45) is -10.2. The zero-order valence-electron chi connectivity index (χ0n) is 11.9. The van der Waals surface area contributed by atoms with Gasteiger partial charge < -0.3 is 9.68 Å². The van der Waals surface area contributed by atoms with Gasteiger partial charge >= 0.3 is 19.5 Å². The van der Waals surface area contributed by atoms with Crippen molar-refractivity contribution >= 4 is 12.6 Å². The molecule has 0 bridgehead atoms. The van der Waals surface area contributed by atoms with Gasteiger partial charge in [-0.1, -0.05) is 0 Å². The molecule has 0 amide bonds. The second-order valence-corrected chi connectivity index (χ2v) is 4.91. The van der Waals surface area contributed by atoms with Crippen LogP contribution in [0, 0.1) is 11.6 Å². The number of hydrogen-bond donors (Lipinski definition) is 1. The Bertz CT molecular complexity index is 720. The molecule has 0 aliphatic heterocycles. The summed E-state index contributed by atoms with van der Waals surface area (Å²) in [6.45, 7) is 0. The van der Waals surface area contributed by atoms with Crippen molar-refractivity contribution in [1.82, 2.24) is 0 Å². The number of rotatable bonds is 3. The minimum Gasteiger partial charge on any atom is -0.532 e. The molecule has 0 unspecified atom stereocenters. The lowest BCUT2D eigenvalue weighted by molar-refractivity contribution is -0.143. The fourth-order valence-corrected chi connectivity index (χ4v) is 1.91. The van der Waals surface area contributed by atoms with Gasteiger partial charge in [-0.3, -0.25) is 0 Å². The largest absolute Gasteiger partial charge is 0.560 e. The summed E-state index contributed by atoms with van der Waals surface area (Å²) >= 11 is 0. The highest BCUT2D eigenvalue weighted by atomic mass is 19.4. The number of alkyl halides is 6. The van der Waals surface area contributed by atoms with Crippen LogP contribution >= 0.6 is 0 Å². The predicted octanol–water partition coefficient (Wildman–Crippen LogP) is 3.77. The Morgan fingerprint density at radius 1 is 0.720 bits per heavy atom. The van der Waals surface area contributed by atoms with Crippen LogP contribution in [0.2, 0.25) is 0 Å². The summed E-state index contributed by atoms with van der Waals surface area (Å²) in [4.78, 5) is 0. The zero-order chi connectivity index (χ0) is 19.0. The molecule has 0 heterocycles. The first-order chi connectivity index (χ1) is 11.4. The molecule has 0 saturated heterocycles. The van der Waals surface area contributed by atoms with Crippen molar-refractivity contribution in [2.45, 2.75) is 12.4 Å².